The Labute approximate surface area is 178 Å². The summed E-state index contributed by atoms with van der Waals surface area (Å²) < 4.78 is 13.4. The van der Waals surface area contributed by atoms with Crippen molar-refractivity contribution in [3.63, 3.8) is 0 Å². The molecule has 0 aliphatic carbocycles. The molecule has 2 N–H and O–H groups in total. The van der Waals surface area contributed by atoms with E-state index in [1.165, 1.54) is 31.2 Å². The summed E-state index contributed by atoms with van der Waals surface area (Å²) >= 11 is 0. The lowest BCUT2D eigenvalue weighted by Gasteiger charge is -2.16. The minimum atomic E-state index is -0.527. The Hall–Kier alpha value is -4.26. The van der Waals surface area contributed by atoms with Crippen LogP contribution in [0.4, 0.5) is 21.5 Å². The molecule has 1 aliphatic heterocycles. The number of hydrogen-bond acceptors (Lipinski definition) is 4. The molecule has 0 saturated carbocycles. The summed E-state index contributed by atoms with van der Waals surface area (Å²) in [6.07, 6.45) is 0. The molecule has 0 atom stereocenters. The number of carbonyl (C=O) groups is 3. The lowest BCUT2D eigenvalue weighted by molar-refractivity contribution is -0.120. The fourth-order valence-electron chi connectivity index (χ4n) is 3.33. The maximum Gasteiger partial charge on any atom is 0.282 e. The zero-order valence-electron chi connectivity index (χ0n) is 16.6. The number of imide groups is 1. The Morgan fingerprint density at radius 3 is 2.06 bits per heavy atom. The molecule has 1 aliphatic rings. The molecule has 154 valence electrons. The number of hydrogen-bond donors (Lipinski definition) is 2. The molecule has 3 aromatic rings. The van der Waals surface area contributed by atoms with E-state index in [4.69, 9.17) is 0 Å². The highest BCUT2D eigenvalue weighted by molar-refractivity contribution is 6.46. The van der Waals surface area contributed by atoms with Gasteiger partial charge in [-0.2, -0.15) is 0 Å². The van der Waals surface area contributed by atoms with Gasteiger partial charge in [-0.1, -0.05) is 30.3 Å². The standard InChI is InChI=1S/C24H18FN3O3/c1-15(29)26-19-11-13-20(14-12-19)28-23(30)21(16-7-9-17(25)10-8-16)22(24(28)31)27-18-5-3-2-4-6-18/h2-14,27H,1H3,(H,26,29). The Bertz CT molecular complexity index is 1190. The first kappa shape index (κ1) is 20.0. The second-order valence-corrected chi connectivity index (χ2v) is 6.92. The molecular weight excluding hydrogens is 397 g/mol. The van der Waals surface area contributed by atoms with Crippen LogP contribution in [-0.4, -0.2) is 17.7 Å². The minimum absolute atomic E-state index is 0.105. The third-order valence-corrected chi connectivity index (χ3v) is 4.71. The van der Waals surface area contributed by atoms with Crippen molar-refractivity contribution in [2.45, 2.75) is 6.92 Å². The fourth-order valence-corrected chi connectivity index (χ4v) is 3.33. The maximum absolute atomic E-state index is 13.4. The van der Waals surface area contributed by atoms with Gasteiger partial charge in [0, 0.05) is 18.3 Å². The van der Waals surface area contributed by atoms with E-state index < -0.39 is 17.6 Å². The average Bonchev–Trinajstić information content (AvgIpc) is 2.99. The molecule has 1 heterocycles. The number of carbonyl (C=O) groups excluding carboxylic acids is 3. The molecule has 0 bridgehead atoms. The van der Waals surface area contributed by atoms with Crippen molar-refractivity contribution < 1.29 is 18.8 Å². The summed E-state index contributed by atoms with van der Waals surface area (Å²) in [5, 5.41) is 5.68. The van der Waals surface area contributed by atoms with E-state index in [0.717, 1.165) is 4.90 Å². The SMILES string of the molecule is CC(=O)Nc1ccc(N2C(=O)C(Nc3ccccc3)=C(c3ccc(F)cc3)C2=O)cc1. The van der Waals surface area contributed by atoms with Crippen molar-refractivity contribution in [2.24, 2.45) is 0 Å². The van der Waals surface area contributed by atoms with Gasteiger partial charge in [-0.15, -0.1) is 0 Å². The number of amides is 3. The largest absolute Gasteiger partial charge is 0.350 e. The summed E-state index contributed by atoms with van der Waals surface area (Å²) in [5.41, 5.74) is 2.23. The third-order valence-electron chi connectivity index (χ3n) is 4.71. The van der Waals surface area contributed by atoms with E-state index in [1.807, 2.05) is 6.07 Å². The molecule has 6 nitrogen and oxygen atoms in total. The van der Waals surface area contributed by atoms with E-state index >= 15 is 0 Å². The molecule has 0 unspecified atom stereocenters. The fraction of sp³-hybridized carbons (Fsp3) is 0.0417. The number of halogens is 1. The van der Waals surface area contributed by atoms with Crippen molar-refractivity contribution >= 4 is 40.4 Å². The Balaban J connectivity index is 1.74. The molecule has 0 saturated heterocycles. The number of anilines is 3. The predicted molar refractivity (Wildman–Crippen MR) is 117 cm³/mol. The van der Waals surface area contributed by atoms with Crippen LogP contribution in [0.15, 0.2) is 84.6 Å². The Kier molecular flexibility index (Phi) is 5.32. The second-order valence-electron chi connectivity index (χ2n) is 6.92. The number of rotatable bonds is 5. The average molecular weight is 415 g/mol. The van der Waals surface area contributed by atoms with Gasteiger partial charge >= 0.3 is 0 Å². The molecule has 0 radical (unpaired) electrons. The summed E-state index contributed by atoms with van der Waals surface area (Å²) in [6.45, 7) is 1.39. The summed E-state index contributed by atoms with van der Waals surface area (Å²) in [6, 6.07) is 20.8. The van der Waals surface area contributed by atoms with Crippen LogP contribution < -0.4 is 15.5 Å². The molecular formula is C24H18FN3O3. The lowest BCUT2D eigenvalue weighted by atomic mass is 10.0. The van der Waals surface area contributed by atoms with Gasteiger partial charge in [-0.3, -0.25) is 14.4 Å². The molecule has 31 heavy (non-hydrogen) atoms. The van der Waals surface area contributed by atoms with Gasteiger partial charge in [-0.05, 0) is 54.1 Å². The van der Waals surface area contributed by atoms with Crippen molar-refractivity contribution in [1.29, 1.82) is 0 Å². The highest BCUT2D eigenvalue weighted by atomic mass is 19.1. The van der Waals surface area contributed by atoms with Crippen LogP contribution in [0, 0.1) is 5.82 Å². The first-order valence-corrected chi connectivity index (χ1v) is 9.53. The van der Waals surface area contributed by atoms with Gasteiger partial charge in [-0.25, -0.2) is 9.29 Å². The molecule has 4 rings (SSSR count). The minimum Gasteiger partial charge on any atom is -0.350 e. The van der Waals surface area contributed by atoms with Crippen molar-refractivity contribution in [3.8, 4) is 0 Å². The lowest BCUT2D eigenvalue weighted by Crippen LogP contribution is -2.32. The first-order chi connectivity index (χ1) is 14.9. The van der Waals surface area contributed by atoms with Crippen LogP contribution in [0.2, 0.25) is 0 Å². The topological polar surface area (TPSA) is 78.5 Å². The summed E-state index contributed by atoms with van der Waals surface area (Å²) in [7, 11) is 0. The van der Waals surface area contributed by atoms with Crippen molar-refractivity contribution in [2.75, 3.05) is 15.5 Å². The van der Waals surface area contributed by atoms with E-state index in [2.05, 4.69) is 10.6 Å². The van der Waals surface area contributed by atoms with Crippen molar-refractivity contribution in [1.82, 2.24) is 0 Å². The molecule has 0 spiro atoms. The van der Waals surface area contributed by atoms with E-state index in [1.54, 1.807) is 48.5 Å². The number of nitrogens with one attached hydrogen (secondary N) is 2. The van der Waals surface area contributed by atoms with Gasteiger partial charge in [0.05, 0.1) is 11.3 Å². The van der Waals surface area contributed by atoms with Gasteiger partial charge < -0.3 is 10.6 Å². The van der Waals surface area contributed by atoms with Crippen LogP contribution >= 0.6 is 0 Å². The van der Waals surface area contributed by atoms with Crippen LogP contribution in [0.3, 0.4) is 0 Å². The number of nitrogens with zero attached hydrogens (tertiary/aromatic N) is 1. The molecule has 3 amide bonds. The first-order valence-electron chi connectivity index (χ1n) is 9.53. The predicted octanol–water partition coefficient (Wildman–Crippen LogP) is 4.18. The number of para-hydroxylation sites is 1. The quantitative estimate of drug-likeness (QED) is 0.613. The van der Waals surface area contributed by atoms with Gasteiger partial charge in [0.1, 0.15) is 11.5 Å². The molecule has 3 aromatic carbocycles. The van der Waals surface area contributed by atoms with Crippen molar-refractivity contribution in [3.05, 3.63) is 95.9 Å². The van der Waals surface area contributed by atoms with Crippen LogP contribution in [0.1, 0.15) is 12.5 Å². The van der Waals surface area contributed by atoms with E-state index in [0.29, 0.717) is 22.6 Å². The second kappa shape index (κ2) is 8.23. The normalized spacial score (nSPS) is 13.5. The Morgan fingerprint density at radius 2 is 1.45 bits per heavy atom. The molecule has 0 aromatic heterocycles. The van der Waals surface area contributed by atoms with E-state index in [-0.39, 0.29) is 17.2 Å². The highest BCUT2D eigenvalue weighted by Gasteiger charge is 2.40. The third kappa shape index (κ3) is 4.06. The van der Waals surface area contributed by atoms with Crippen LogP contribution in [0.5, 0.6) is 0 Å². The maximum atomic E-state index is 13.4. The van der Waals surface area contributed by atoms with Crippen LogP contribution in [-0.2, 0) is 14.4 Å². The van der Waals surface area contributed by atoms with Gasteiger partial charge in [0.15, 0.2) is 0 Å². The smallest absolute Gasteiger partial charge is 0.282 e. The zero-order valence-corrected chi connectivity index (χ0v) is 16.6. The Morgan fingerprint density at radius 1 is 0.806 bits per heavy atom. The molecule has 0 fully saturated rings. The zero-order chi connectivity index (χ0) is 22.0. The van der Waals surface area contributed by atoms with Gasteiger partial charge in [0.25, 0.3) is 11.8 Å². The molecule has 7 heteroatoms. The highest BCUT2D eigenvalue weighted by Crippen LogP contribution is 2.34. The van der Waals surface area contributed by atoms with E-state index in [9.17, 15) is 18.8 Å². The summed E-state index contributed by atoms with van der Waals surface area (Å²) in [5.74, 6) is -1.72. The van der Waals surface area contributed by atoms with Crippen LogP contribution in [0.25, 0.3) is 5.57 Å². The summed E-state index contributed by atoms with van der Waals surface area (Å²) in [4.78, 5) is 38.9. The number of benzene rings is 3. The van der Waals surface area contributed by atoms with Gasteiger partial charge in [0.2, 0.25) is 5.91 Å². The monoisotopic (exact) mass is 415 g/mol.